The van der Waals surface area contributed by atoms with Crippen LogP contribution >= 0.6 is 15.9 Å². The highest BCUT2D eigenvalue weighted by atomic mass is 79.9. The minimum absolute atomic E-state index is 0.163. The molecule has 66 valence electrons. The summed E-state index contributed by atoms with van der Waals surface area (Å²) >= 11 is 2.67. The van der Waals surface area contributed by atoms with Crippen LogP contribution in [0.5, 0.6) is 0 Å². The van der Waals surface area contributed by atoms with Crippen LogP contribution in [0, 0.1) is 11.6 Å². The Labute approximate surface area is 74.3 Å². The van der Waals surface area contributed by atoms with Crippen molar-refractivity contribution in [2.24, 2.45) is 0 Å². The van der Waals surface area contributed by atoms with Gasteiger partial charge in [0.1, 0.15) is 0 Å². The van der Waals surface area contributed by atoms with Gasteiger partial charge in [0, 0.05) is 0 Å². The first kappa shape index (κ1) is 9.51. The van der Waals surface area contributed by atoms with Crippen LogP contribution in [0.15, 0.2) is 16.6 Å². The zero-order chi connectivity index (χ0) is 9.30. The summed E-state index contributed by atoms with van der Waals surface area (Å²) in [6.07, 6.45) is -2.99. The van der Waals surface area contributed by atoms with Crippen LogP contribution in [0.4, 0.5) is 17.6 Å². The van der Waals surface area contributed by atoms with E-state index in [-0.39, 0.29) is 4.47 Å². The van der Waals surface area contributed by atoms with Gasteiger partial charge in [-0.25, -0.2) is 17.6 Å². The Kier molecular flexibility index (Phi) is 2.72. The molecule has 0 unspecified atom stereocenters. The molecule has 0 atom stereocenters. The van der Waals surface area contributed by atoms with Crippen molar-refractivity contribution in [1.29, 1.82) is 0 Å². The van der Waals surface area contributed by atoms with Crippen LogP contribution in [0.2, 0.25) is 0 Å². The van der Waals surface area contributed by atoms with Gasteiger partial charge in [-0.1, -0.05) is 0 Å². The van der Waals surface area contributed by atoms with Gasteiger partial charge in [-0.3, -0.25) is 0 Å². The van der Waals surface area contributed by atoms with E-state index in [1.807, 2.05) is 0 Å². The van der Waals surface area contributed by atoms with E-state index in [1.54, 1.807) is 0 Å². The number of hydrogen-bond acceptors (Lipinski definition) is 0. The average Bonchev–Trinajstić information content (AvgIpc) is 2.00. The zero-order valence-electron chi connectivity index (χ0n) is 5.62. The second-order valence-corrected chi connectivity index (χ2v) is 2.92. The van der Waals surface area contributed by atoms with E-state index >= 15 is 0 Å². The topological polar surface area (TPSA) is 0 Å². The highest BCUT2D eigenvalue weighted by Crippen LogP contribution is 2.27. The van der Waals surface area contributed by atoms with Gasteiger partial charge in [0.2, 0.25) is 0 Å². The fraction of sp³-hybridized carbons (Fsp3) is 0.143. The Bertz CT molecular complexity index is 298. The third-order valence-electron chi connectivity index (χ3n) is 1.30. The van der Waals surface area contributed by atoms with Crippen molar-refractivity contribution < 1.29 is 17.6 Å². The molecule has 1 aromatic carbocycles. The van der Waals surface area contributed by atoms with Gasteiger partial charge in [-0.15, -0.1) is 0 Å². The van der Waals surface area contributed by atoms with Gasteiger partial charge in [-0.2, -0.15) is 0 Å². The molecule has 0 N–H and O–H groups in total. The van der Waals surface area contributed by atoms with Crippen molar-refractivity contribution in [2.75, 3.05) is 0 Å². The van der Waals surface area contributed by atoms with Crippen LogP contribution in [0.1, 0.15) is 12.0 Å². The van der Waals surface area contributed by atoms with Gasteiger partial charge in [-0.05, 0) is 28.1 Å². The first-order chi connectivity index (χ1) is 5.54. The Morgan fingerprint density at radius 1 is 1.08 bits per heavy atom. The molecule has 0 heterocycles. The lowest BCUT2D eigenvalue weighted by Crippen LogP contribution is -1.95. The third-order valence-corrected chi connectivity index (χ3v) is 1.91. The maximum absolute atomic E-state index is 12.6. The van der Waals surface area contributed by atoms with E-state index in [9.17, 15) is 17.6 Å². The smallest absolute Gasteiger partial charge is 0.205 e. The molecule has 12 heavy (non-hydrogen) atoms. The monoisotopic (exact) mass is 242 g/mol. The molecule has 0 radical (unpaired) electrons. The molecule has 1 aromatic rings. The van der Waals surface area contributed by atoms with Crippen LogP contribution in [-0.4, -0.2) is 0 Å². The SMILES string of the molecule is Fc1c(Br)ccc(C(F)F)c1F. The summed E-state index contributed by atoms with van der Waals surface area (Å²) in [5.41, 5.74) is -0.921. The zero-order valence-corrected chi connectivity index (χ0v) is 7.21. The average molecular weight is 243 g/mol. The van der Waals surface area contributed by atoms with Crippen molar-refractivity contribution in [3.8, 4) is 0 Å². The molecule has 0 fully saturated rings. The Morgan fingerprint density at radius 2 is 1.67 bits per heavy atom. The molecule has 0 aromatic heterocycles. The molecular formula is C7H3BrF4. The molecule has 1 rings (SSSR count). The summed E-state index contributed by atoms with van der Waals surface area (Å²) in [4.78, 5) is 0. The lowest BCUT2D eigenvalue weighted by molar-refractivity contribution is 0.145. The van der Waals surface area contributed by atoms with E-state index in [1.165, 1.54) is 0 Å². The predicted molar refractivity (Wildman–Crippen MR) is 39.0 cm³/mol. The summed E-state index contributed by atoms with van der Waals surface area (Å²) in [5.74, 6) is -2.79. The lowest BCUT2D eigenvalue weighted by atomic mass is 10.2. The molecule has 0 nitrogen and oxygen atoms in total. The summed E-state index contributed by atoms with van der Waals surface area (Å²) in [6.45, 7) is 0. The van der Waals surface area contributed by atoms with Gasteiger partial charge < -0.3 is 0 Å². The minimum Gasteiger partial charge on any atom is -0.205 e. The molecule has 0 aliphatic carbocycles. The molecule has 0 aliphatic rings. The maximum Gasteiger partial charge on any atom is 0.266 e. The number of halogens is 5. The van der Waals surface area contributed by atoms with Crippen molar-refractivity contribution in [2.45, 2.75) is 6.43 Å². The van der Waals surface area contributed by atoms with Crippen LogP contribution in [0.3, 0.4) is 0 Å². The summed E-state index contributed by atoms with van der Waals surface area (Å²) in [5, 5.41) is 0. The summed E-state index contributed by atoms with van der Waals surface area (Å²) in [6, 6.07) is 1.88. The van der Waals surface area contributed by atoms with Crippen LogP contribution in [0.25, 0.3) is 0 Å². The Morgan fingerprint density at radius 3 is 2.17 bits per heavy atom. The number of rotatable bonds is 1. The Balaban J connectivity index is 3.27. The fourth-order valence-electron chi connectivity index (χ4n) is 0.709. The molecule has 5 heteroatoms. The first-order valence-corrected chi connectivity index (χ1v) is 3.75. The quantitative estimate of drug-likeness (QED) is 0.521. The van der Waals surface area contributed by atoms with E-state index < -0.39 is 23.6 Å². The highest BCUT2D eigenvalue weighted by Gasteiger charge is 2.18. The second kappa shape index (κ2) is 3.43. The van der Waals surface area contributed by atoms with Gasteiger partial charge in [0.05, 0.1) is 10.0 Å². The second-order valence-electron chi connectivity index (χ2n) is 2.07. The summed E-state index contributed by atoms with van der Waals surface area (Å²) < 4.78 is 48.9. The molecule has 0 saturated heterocycles. The van der Waals surface area contributed by atoms with Crippen LogP contribution in [-0.2, 0) is 0 Å². The molecule has 0 saturated carbocycles. The summed E-state index contributed by atoms with van der Waals surface area (Å²) in [7, 11) is 0. The van der Waals surface area contributed by atoms with E-state index in [2.05, 4.69) is 15.9 Å². The number of benzene rings is 1. The largest absolute Gasteiger partial charge is 0.266 e. The van der Waals surface area contributed by atoms with E-state index in [0.717, 1.165) is 12.1 Å². The normalized spacial score (nSPS) is 10.8. The van der Waals surface area contributed by atoms with E-state index in [4.69, 9.17) is 0 Å². The third kappa shape index (κ3) is 1.60. The van der Waals surface area contributed by atoms with Gasteiger partial charge in [0.25, 0.3) is 6.43 Å². The fourth-order valence-corrected chi connectivity index (χ4v) is 1.02. The van der Waals surface area contributed by atoms with Crippen molar-refractivity contribution in [3.05, 3.63) is 33.8 Å². The van der Waals surface area contributed by atoms with Crippen molar-refractivity contribution in [3.63, 3.8) is 0 Å². The predicted octanol–water partition coefficient (Wildman–Crippen LogP) is 3.66. The molecule has 0 amide bonds. The van der Waals surface area contributed by atoms with Crippen molar-refractivity contribution in [1.82, 2.24) is 0 Å². The standard InChI is InChI=1S/C7H3BrF4/c8-4-2-1-3(7(11)12)5(9)6(4)10/h1-2,7H. The minimum atomic E-state index is -2.99. The van der Waals surface area contributed by atoms with Crippen molar-refractivity contribution >= 4 is 15.9 Å². The molecule has 0 aliphatic heterocycles. The number of alkyl halides is 2. The molecule has 0 bridgehead atoms. The number of hydrogen-bond donors (Lipinski definition) is 0. The van der Waals surface area contributed by atoms with Crippen LogP contribution < -0.4 is 0 Å². The Hall–Kier alpha value is -0.580. The lowest BCUT2D eigenvalue weighted by Gasteiger charge is -2.02. The van der Waals surface area contributed by atoms with Gasteiger partial charge >= 0.3 is 0 Å². The molecule has 0 spiro atoms. The highest BCUT2D eigenvalue weighted by molar-refractivity contribution is 9.10. The van der Waals surface area contributed by atoms with Gasteiger partial charge in [0.15, 0.2) is 11.6 Å². The van der Waals surface area contributed by atoms with E-state index in [0.29, 0.717) is 0 Å². The molecular weight excluding hydrogens is 240 g/mol. The first-order valence-electron chi connectivity index (χ1n) is 2.95. The maximum atomic E-state index is 12.6.